The van der Waals surface area contributed by atoms with Crippen molar-refractivity contribution >= 4 is 11.0 Å². The minimum atomic E-state index is -0.542. The second-order valence-corrected chi connectivity index (χ2v) is 5.61. The van der Waals surface area contributed by atoms with Gasteiger partial charge in [-0.25, -0.2) is 0 Å². The second kappa shape index (κ2) is 6.51. The van der Waals surface area contributed by atoms with Gasteiger partial charge in [-0.3, -0.25) is 4.79 Å². The average Bonchev–Trinajstić information content (AvgIpc) is 2.64. The van der Waals surface area contributed by atoms with E-state index in [0.29, 0.717) is 22.6 Å². The maximum absolute atomic E-state index is 12.8. The fourth-order valence-corrected chi connectivity index (χ4v) is 2.80. The van der Waals surface area contributed by atoms with Crippen LogP contribution in [0, 0.1) is 6.92 Å². The first-order valence-electron chi connectivity index (χ1n) is 7.71. The fraction of sp³-hybridized carbons (Fsp3) is 0.211. The lowest BCUT2D eigenvalue weighted by Gasteiger charge is -2.13. The van der Waals surface area contributed by atoms with Crippen LogP contribution in [0.4, 0.5) is 0 Å². The van der Waals surface area contributed by atoms with Gasteiger partial charge in [0.15, 0.2) is 17.3 Å². The molecule has 0 atom stereocenters. The molecule has 1 heterocycles. The van der Waals surface area contributed by atoms with Gasteiger partial charge in [-0.15, -0.1) is 0 Å². The SMILES string of the molecule is COc1ccc(-c2oc3c(C)c(O)cc(O)c3c(=O)c2OC)cc1OC. The van der Waals surface area contributed by atoms with Crippen LogP contribution >= 0.6 is 0 Å². The van der Waals surface area contributed by atoms with E-state index in [1.165, 1.54) is 21.3 Å². The van der Waals surface area contributed by atoms with Gasteiger partial charge in [0.1, 0.15) is 22.5 Å². The van der Waals surface area contributed by atoms with E-state index >= 15 is 0 Å². The molecule has 2 aromatic carbocycles. The summed E-state index contributed by atoms with van der Waals surface area (Å²) in [5.74, 6) is 0.495. The van der Waals surface area contributed by atoms with Crippen LogP contribution in [0.2, 0.25) is 0 Å². The number of aryl methyl sites for hydroxylation is 1. The summed E-state index contributed by atoms with van der Waals surface area (Å²) in [5.41, 5.74) is 0.386. The molecule has 3 aromatic rings. The van der Waals surface area contributed by atoms with Crippen LogP contribution in [0.1, 0.15) is 5.56 Å². The number of phenols is 2. The van der Waals surface area contributed by atoms with Gasteiger partial charge in [-0.05, 0) is 25.1 Å². The molecule has 0 aliphatic heterocycles. The molecule has 0 amide bonds. The number of benzene rings is 2. The van der Waals surface area contributed by atoms with Crippen molar-refractivity contribution in [3.63, 3.8) is 0 Å². The van der Waals surface area contributed by atoms with Crippen LogP contribution in [0.3, 0.4) is 0 Å². The molecule has 1 aromatic heterocycles. The Morgan fingerprint density at radius 1 is 0.923 bits per heavy atom. The summed E-state index contributed by atoms with van der Waals surface area (Å²) in [6, 6.07) is 6.10. The zero-order valence-electron chi connectivity index (χ0n) is 14.7. The minimum Gasteiger partial charge on any atom is -0.507 e. The normalized spacial score (nSPS) is 10.8. The van der Waals surface area contributed by atoms with Gasteiger partial charge in [-0.2, -0.15) is 0 Å². The van der Waals surface area contributed by atoms with Crippen LogP contribution < -0.4 is 19.6 Å². The van der Waals surface area contributed by atoms with Gasteiger partial charge in [0.05, 0.1) is 21.3 Å². The monoisotopic (exact) mass is 358 g/mol. The molecule has 0 aliphatic rings. The standard InChI is InChI=1S/C19H18O7/c1-9-11(20)8-12(21)15-16(22)19(25-4)18(26-17(9)15)10-5-6-13(23-2)14(7-10)24-3/h5-8,20-21H,1-4H3. The van der Waals surface area contributed by atoms with Crippen molar-refractivity contribution in [3.05, 3.63) is 40.1 Å². The molecule has 2 N–H and O–H groups in total. The van der Waals surface area contributed by atoms with Crippen molar-refractivity contribution in [2.24, 2.45) is 0 Å². The van der Waals surface area contributed by atoms with E-state index in [-0.39, 0.29) is 34.0 Å². The second-order valence-electron chi connectivity index (χ2n) is 5.61. The lowest BCUT2D eigenvalue weighted by Crippen LogP contribution is -2.08. The average molecular weight is 358 g/mol. The molecule has 26 heavy (non-hydrogen) atoms. The first-order chi connectivity index (χ1) is 12.4. The zero-order chi connectivity index (χ0) is 19.0. The van der Waals surface area contributed by atoms with Crippen molar-refractivity contribution < 1.29 is 28.8 Å². The fourth-order valence-electron chi connectivity index (χ4n) is 2.80. The molecule has 0 fully saturated rings. The largest absolute Gasteiger partial charge is 0.507 e. The molecule has 7 heteroatoms. The highest BCUT2D eigenvalue weighted by atomic mass is 16.5. The van der Waals surface area contributed by atoms with E-state index in [0.717, 1.165) is 6.07 Å². The van der Waals surface area contributed by atoms with Gasteiger partial charge >= 0.3 is 0 Å². The summed E-state index contributed by atoms with van der Waals surface area (Å²) < 4.78 is 21.6. The third-order valence-electron chi connectivity index (χ3n) is 4.17. The van der Waals surface area contributed by atoms with E-state index in [9.17, 15) is 15.0 Å². The molecule has 7 nitrogen and oxygen atoms in total. The topological polar surface area (TPSA) is 98.4 Å². The summed E-state index contributed by atoms with van der Waals surface area (Å²) in [7, 11) is 4.35. The number of fused-ring (bicyclic) bond motifs is 1. The Morgan fingerprint density at radius 2 is 1.62 bits per heavy atom. The van der Waals surface area contributed by atoms with Crippen molar-refractivity contribution in [1.82, 2.24) is 0 Å². The molecule has 0 bridgehead atoms. The summed E-state index contributed by atoms with van der Waals surface area (Å²) in [4.78, 5) is 12.8. The van der Waals surface area contributed by atoms with E-state index in [1.54, 1.807) is 25.1 Å². The third kappa shape index (κ3) is 2.57. The summed E-state index contributed by atoms with van der Waals surface area (Å²) in [6.45, 7) is 1.59. The molecule has 0 saturated heterocycles. The van der Waals surface area contributed by atoms with Gasteiger partial charge in [0.2, 0.25) is 11.2 Å². The molecule has 0 aliphatic carbocycles. The number of hydrogen-bond donors (Lipinski definition) is 2. The van der Waals surface area contributed by atoms with Crippen LogP contribution in [0.5, 0.6) is 28.7 Å². The Kier molecular flexibility index (Phi) is 4.38. The number of hydrogen-bond acceptors (Lipinski definition) is 7. The number of phenolic OH excluding ortho intramolecular Hbond substituents is 2. The summed E-state index contributed by atoms with van der Waals surface area (Å²) in [6.07, 6.45) is 0. The molecule has 0 saturated carbocycles. The number of aromatic hydroxyl groups is 2. The number of ether oxygens (including phenoxy) is 3. The van der Waals surface area contributed by atoms with Crippen LogP contribution in [-0.2, 0) is 0 Å². The van der Waals surface area contributed by atoms with Crippen LogP contribution in [0.15, 0.2) is 33.5 Å². The minimum absolute atomic E-state index is 0.0543. The quantitative estimate of drug-likeness (QED) is 0.739. The van der Waals surface area contributed by atoms with E-state index in [2.05, 4.69) is 0 Å². The van der Waals surface area contributed by atoms with Crippen LogP contribution in [0.25, 0.3) is 22.3 Å². The smallest absolute Gasteiger partial charge is 0.239 e. The van der Waals surface area contributed by atoms with Crippen molar-refractivity contribution in [3.8, 4) is 40.1 Å². The lowest BCUT2D eigenvalue weighted by atomic mass is 10.1. The number of methoxy groups -OCH3 is 3. The lowest BCUT2D eigenvalue weighted by molar-refractivity contribution is 0.355. The van der Waals surface area contributed by atoms with Gasteiger partial charge in [-0.1, -0.05) is 0 Å². The summed E-state index contributed by atoms with van der Waals surface area (Å²) >= 11 is 0. The highest BCUT2D eigenvalue weighted by molar-refractivity contribution is 5.91. The van der Waals surface area contributed by atoms with E-state index in [4.69, 9.17) is 18.6 Å². The van der Waals surface area contributed by atoms with Crippen LogP contribution in [-0.4, -0.2) is 31.5 Å². The molecule has 136 valence electrons. The van der Waals surface area contributed by atoms with Gasteiger partial charge in [0.25, 0.3) is 0 Å². The molecule has 0 unspecified atom stereocenters. The molecule has 3 rings (SSSR count). The Balaban J connectivity index is 2.40. The van der Waals surface area contributed by atoms with Crippen molar-refractivity contribution in [1.29, 1.82) is 0 Å². The predicted octanol–water partition coefficient (Wildman–Crippen LogP) is 3.21. The van der Waals surface area contributed by atoms with Gasteiger partial charge < -0.3 is 28.8 Å². The highest BCUT2D eigenvalue weighted by Crippen LogP contribution is 2.40. The Bertz CT molecular complexity index is 1050. The third-order valence-corrected chi connectivity index (χ3v) is 4.17. The maximum Gasteiger partial charge on any atom is 0.239 e. The van der Waals surface area contributed by atoms with E-state index < -0.39 is 5.43 Å². The molecule has 0 radical (unpaired) electrons. The van der Waals surface area contributed by atoms with Crippen molar-refractivity contribution in [2.45, 2.75) is 6.92 Å². The Labute approximate surface area is 149 Å². The zero-order valence-corrected chi connectivity index (χ0v) is 14.7. The number of rotatable bonds is 4. The molecular weight excluding hydrogens is 340 g/mol. The molecular formula is C19H18O7. The Hall–Kier alpha value is -3.35. The highest BCUT2D eigenvalue weighted by Gasteiger charge is 2.22. The first-order valence-corrected chi connectivity index (χ1v) is 7.71. The first kappa shape index (κ1) is 17.5. The van der Waals surface area contributed by atoms with Gasteiger partial charge in [0, 0.05) is 17.2 Å². The Morgan fingerprint density at radius 3 is 2.23 bits per heavy atom. The molecule has 0 spiro atoms. The predicted molar refractivity (Wildman–Crippen MR) is 95.6 cm³/mol. The maximum atomic E-state index is 12.8. The van der Waals surface area contributed by atoms with Crippen molar-refractivity contribution in [2.75, 3.05) is 21.3 Å². The van der Waals surface area contributed by atoms with E-state index in [1.807, 2.05) is 0 Å². The summed E-state index contributed by atoms with van der Waals surface area (Å²) in [5, 5.41) is 20.0.